The van der Waals surface area contributed by atoms with E-state index < -0.39 is 101 Å². The summed E-state index contributed by atoms with van der Waals surface area (Å²) in [7, 11) is 0. The highest BCUT2D eigenvalue weighted by molar-refractivity contribution is 5.79. The topological polar surface area (TPSA) is 348 Å². The third kappa shape index (κ3) is 23.6. The van der Waals surface area contributed by atoms with Gasteiger partial charge in [0, 0.05) is 80.8 Å². The van der Waals surface area contributed by atoms with Crippen molar-refractivity contribution in [1.29, 1.82) is 0 Å². The molecule has 0 heterocycles. The lowest BCUT2D eigenvalue weighted by Gasteiger charge is -2.36. The molecule has 0 aliphatic heterocycles. The molecule has 10 N–H and O–H groups in total. The van der Waals surface area contributed by atoms with Gasteiger partial charge >= 0.3 is 41.8 Å². The van der Waals surface area contributed by atoms with Crippen LogP contribution in [0.4, 0.5) is 0 Å². The van der Waals surface area contributed by atoms with Crippen LogP contribution in [0.2, 0.25) is 0 Å². The molecule has 59 heavy (non-hydrogen) atoms. The summed E-state index contributed by atoms with van der Waals surface area (Å²) in [5.41, 5.74) is -4.83. The van der Waals surface area contributed by atoms with Gasteiger partial charge in [0.25, 0.3) is 0 Å². The summed E-state index contributed by atoms with van der Waals surface area (Å²) in [5, 5.41) is 73.6. The van der Waals surface area contributed by atoms with Crippen LogP contribution in [0.5, 0.6) is 0 Å². The van der Waals surface area contributed by atoms with Crippen LogP contribution >= 0.6 is 0 Å². The van der Waals surface area contributed by atoms with Gasteiger partial charge in [-0.1, -0.05) is 20.8 Å². The maximum absolute atomic E-state index is 13.6. The normalized spacial score (nSPS) is 11.9. The molecule has 0 saturated heterocycles. The molecule has 0 atom stereocenters. The molecule has 0 aliphatic carbocycles. The standard InChI is InChI=1S/C39H63N3O17/c1-4-37(19-9-29(46)47,20-10-30(48)49)40-26(43)6-16-36(3,17-7-27(44)41-38(5-2,21-11-31(50)51)22-12-32(52)53)18-8-28(45)42-39(23-13-33(54)55,24-14-34(56)57)25-15-35(58)59/h4-25H2,1-3H3,(H,40,43)(H,41,44)(H,42,45)(H,46,47)(H,48,49)(H,50,51)(H,52,53)(H,54,55)(H,56,57)(H,58,59). The van der Waals surface area contributed by atoms with E-state index in [2.05, 4.69) is 16.0 Å². The Balaban J connectivity index is 6.58. The van der Waals surface area contributed by atoms with Crippen LogP contribution in [0.25, 0.3) is 0 Å². The van der Waals surface area contributed by atoms with Crippen molar-refractivity contribution in [3.8, 4) is 0 Å². The van der Waals surface area contributed by atoms with Gasteiger partial charge in [-0.2, -0.15) is 0 Å². The smallest absolute Gasteiger partial charge is 0.303 e. The lowest BCUT2D eigenvalue weighted by atomic mass is 9.76. The fraction of sp³-hybridized carbons (Fsp3) is 0.744. The summed E-state index contributed by atoms with van der Waals surface area (Å²) in [5.74, 6) is -10.1. The highest BCUT2D eigenvalue weighted by Gasteiger charge is 2.37. The maximum atomic E-state index is 13.6. The van der Waals surface area contributed by atoms with E-state index in [-0.39, 0.29) is 122 Å². The molecule has 0 aromatic heterocycles. The fourth-order valence-corrected chi connectivity index (χ4v) is 7.07. The average molecular weight is 846 g/mol. The second kappa shape index (κ2) is 25.9. The Bertz CT molecular complexity index is 1350. The van der Waals surface area contributed by atoms with Crippen LogP contribution < -0.4 is 16.0 Å². The molecule has 20 nitrogen and oxygen atoms in total. The first-order valence-electron chi connectivity index (χ1n) is 19.8. The third-order valence-corrected chi connectivity index (χ3v) is 11.2. The van der Waals surface area contributed by atoms with Gasteiger partial charge in [0.15, 0.2) is 0 Å². The van der Waals surface area contributed by atoms with Crippen LogP contribution in [0.15, 0.2) is 0 Å². The van der Waals surface area contributed by atoms with Gasteiger partial charge in [0.05, 0.1) is 0 Å². The van der Waals surface area contributed by atoms with E-state index in [1.165, 1.54) is 0 Å². The summed E-state index contributed by atoms with van der Waals surface area (Å²) in [6.45, 7) is 5.05. The van der Waals surface area contributed by atoms with Gasteiger partial charge < -0.3 is 51.7 Å². The predicted octanol–water partition coefficient (Wildman–Crippen LogP) is 3.77. The third-order valence-electron chi connectivity index (χ3n) is 11.2. The van der Waals surface area contributed by atoms with Gasteiger partial charge in [-0.25, -0.2) is 0 Å². The molecule has 0 fully saturated rings. The molecule has 0 aliphatic rings. The Labute approximate surface area is 342 Å². The molecule has 3 amide bonds. The molecule has 0 saturated carbocycles. The summed E-state index contributed by atoms with van der Waals surface area (Å²) >= 11 is 0. The second-order valence-corrected chi connectivity index (χ2v) is 15.8. The van der Waals surface area contributed by atoms with E-state index >= 15 is 0 Å². The number of carbonyl (C=O) groups excluding carboxylic acids is 3. The van der Waals surface area contributed by atoms with E-state index in [0.717, 1.165) is 0 Å². The van der Waals surface area contributed by atoms with Crippen LogP contribution in [0, 0.1) is 5.41 Å². The Morgan fingerprint density at radius 1 is 0.322 bits per heavy atom. The summed E-state index contributed by atoms with van der Waals surface area (Å²) in [6, 6.07) is 0. The van der Waals surface area contributed by atoms with Gasteiger partial charge in [-0.3, -0.25) is 47.9 Å². The maximum Gasteiger partial charge on any atom is 0.303 e. The van der Waals surface area contributed by atoms with E-state index in [4.69, 9.17) is 0 Å². The second-order valence-electron chi connectivity index (χ2n) is 15.8. The molecular formula is C39H63N3O17. The van der Waals surface area contributed by atoms with E-state index in [0.29, 0.717) is 0 Å². The van der Waals surface area contributed by atoms with Crippen molar-refractivity contribution in [1.82, 2.24) is 16.0 Å². The first kappa shape index (κ1) is 53.7. The average Bonchev–Trinajstić information content (AvgIpc) is 3.15. The number of carboxylic acids is 7. The fourth-order valence-electron chi connectivity index (χ4n) is 7.07. The minimum absolute atomic E-state index is 0.000162. The van der Waals surface area contributed by atoms with Crippen LogP contribution in [-0.2, 0) is 47.9 Å². The van der Waals surface area contributed by atoms with Crippen molar-refractivity contribution < 1.29 is 83.7 Å². The van der Waals surface area contributed by atoms with Gasteiger partial charge in [0.1, 0.15) is 0 Å². The Morgan fingerprint density at radius 3 is 0.695 bits per heavy atom. The number of aliphatic carboxylic acids is 7. The van der Waals surface area contributed by atoms with Crippen molar-refractivity contribution in [2.45, 2.75) is 179 Å². The van der Waals surface area contributed by atoms with E-state index in [1.54, 1.807) is 20.8 Å². The lowest BCUT2D eigenvalue weighted by molar-refractivity contribution is -0.140. The summed E-state index contributed by atoms with van der Waals surface area (Å²) in [6.07, 6.45) is -4.09. The summed E-state index contributed by atoms with van der Waals surface area (Å²) in [4.78, 5) is 121. The van der Waals surface area contributed by atoms with Gasteiger partial charge in [0.2, 0.25) is 17.7 Å². The number of nitrogens with one attached hydrogen (secondary N) is 3. The number of hydrogen-bond donors (Lipinski definition) is 10. The molecule has 0 aromatic carbocycles. The zero-order valence-electron chi connectivity index (χ0n) is 34.3. The zero-order chi connectivity index (χ0) is 45.5. The van der Waals surface area contributed by atoms with Crippen LogP contribution in [0.1, 0.15) is 162 Å². The Morgan fingerprint density at radius 2 is 0.508 bits per heavy atom. The monoisotopic (exact) mass is 845 g/mol. The van der Waals surface area contributed by atoms with Crippen molar-refractivity contribution in [2.24, 2.45) is 5.41 Å². The quantitative estimate of drug-likeness (QED) is 0.0434. The SMILES string of the molecule is CCC(CCC(=O)O)(CCC(=O)O)NC(=O)CCC(C)(CCC(=O)NC(CC)(CCC(=O)O)CCC(=O)O)CCC(=O)NC(CCC(=O)O)(CCC(=O)O)CCC(=O)O. The van der Waals surface area contributed by atoms with Crippen molar-refractivity contribution in [3.63, 3.8) is 0 Å². The first-order valence-corrected chi connectivity index (χ1v) is 19.8. The first-order chi connectivity index (χ1) is 27.3. The number of carbonyl (C=O) groups is 10. The number of carboxylic acid groups (broad SMARTS) is 7. The zero-order valence-corrected chi connectivity index (χ0v) is 34.3. The van der Waals surface area contributed by atoms with Crippen LogP contribution in [0.3, 0.4) is 0 Å². The molecule has 336 valence electrons. The van der Waals surface area contributed by atoms with Crippen molar-refractivity contribution in [3.05, 3.63) is 0 Å². The van der Waals surface area contributed by atoms with E-state index in [9.17, 15) is 83.7 Å². The summed E-state index contributed by atoms with van der Waals surface area (Å²) < 4.78 is 0. The number of amides is 3. The Kier molecular flexibility index (Phi) is 23.6. The molecule has 20 heteroatoms. The molecule has 0 rings (SSSR count). The minimum atomic E-state index is -1.51. The van der Waals surface area contributed by atoms with Crippen molar-refractivity contribution >= 4 is 59.5 Å². The highest BCUT2D eigenvalue weighted by atomic mass is 16.4. The van der Waals surface area contributed by atoms with Gasteiger partial charge in [-0.15, -0.1) is 0 Å². The molecule has 0 bridgehead atoms. The predicted molar refractivity (Wildman–Crippen MR) is 207 cm³/mol. The van der Waals surface area contributed by atoms with Gasteiger partial charge in [-0.05, 0) is 82.5 Å². The molecule has 0 radical (unpaired) electrons. The molecular weight excluding hydrogens is 782 g/mol. The number of rotatable bonds is 35. The lowest BCUT2D eigenvalue weighted by Crippen LogP contribution is -2.50. The molecule has 0 unspecified atom stereocenters. The van der Waals surface area contributed by atoms with E-state index in [1.807, 2.05) is 0 Å². The molecule has 0 aromatic rings. The highest BCUT2D eigenvalue weighted by Crippen LogP contribution is 2.36. The number of hydrogen-bond acceptors (Lipinski definition) is 10. The largest absolute Gasteiger partial charge is 0.481 e. The van der Waals surface area contributed by atoms with Crippen LogP contribution in [-0.4, -0.2) is 112 Å². The molecule has 0 spiro atoms. The Hall–Kier alpha value is -5.30. The minimum Gasteiger partial charge on any atom is -0.481 e. The van der Waals surface area contributed by atoms with Crippen molar-refractivity contribution in [2.75, 3.05) is 0 Å².